The molecule has 17 heavy (non-hydrogen) atoms. The van der Waals surface area contributed by atoms with Crippen molar-refractivity contribution in [3.05, 3.63) is 11.1 Å². The SMILES string of the molecule is CCNc1ncc(CN2CCC(C(N)=O)C2)s1. The number of rotatable bonds is 5. The fourth-order valence-electron chi connectivity index (χ4n) is 2.04. The van der Waals surface area contributed by atoms with Crippen LogP contribution in [0.3, 0.4) is 0 Å². The van der Waals surface area contributed by atoms with Gasteiger partial charge in [-0.2, -0.15) is 0 Å². The molecule has 2 rings (SSSR count). The lowest BCUT2D eigenvalue weighted by Gasteiger charge is -2.13. The summed E-state index contributed by atoms with van der Waals surface area (Å²) in [6, 6.07) is 0. The van der Waals surface area contributed by atoms with Crippen LogP contribution in [-0.4, -0.2) is 35.4 Å². The third-order valence-corrected chi connectivity index (χ3v) is 3.88. The van der Waals surface area contributed by atoms with E-state index < -0.39 is 0 Å². The van der Waals surface area contributed by atoms with Gasteiger partial charge in [0.15, 0.2) is 5.13 Å². The number of hydrogen-bond acceptors (Lipinski definition) is 5. The van der Waals surface area contributed by atoms with Crippen LogP contribution in [0.5, 0.6) is 0 Å². The molecule has 5 nitrogen and oxygen atoms in total. The van der Waals surface area contributed by atoms with Crippen LogP contribution in [0.4, 0.5) is 5.13 Å². The van der Waals surface area contributed by atoms with E-state index in [4.69, 9.17) is 5.73 Å². The molecule has 94 valence electrons. The molecular weight excluding hydrogens is 236 g/mol. The number of likely N-dealkylation sites (tertiary alicyclic amines) is 1. The van der Waals surface area contributed by atoms with E-state index in [2.05, 4.69) is 22.1 Å². The Hall–Kier alpha value is -1.14. The molecule has 0 saturated carbocycles. The van der Waals surface area contributed by atoms with Gasteiger partial charge in [-0.25, -0.2) is 4.98 Å². The molecule has 0 spiro atoms. The van der Waals surface area contributed by atoms with Gasteiger partial charge < -0.3 is 11.1 Å². The summed E-state index contributed by atoms with van der Waals surface area (Å²) in [5.74, 6) is -0.152. The van der Waals surface area contributed by atoms with Gasteiger partial charge in [-0.1, -0.05) is 0 Å². The van der Waals surface area contributed by atoms with Crippen molar-refractivity contribution < 1.29 is 4.79 Å². The van der Waals surface area contributed by atoms with Gasteiger partial charge in [0.1, 0.15) is 0 Å². The van der Waals surface area contributed by atoms with Crippen molar-refractivity contribution in [2.24, 2.45) is 11.7 Å². The zero-order valence-corrected chi connectivity index (χ0v) is 10.8. The predicted octanol–water partition coefficient (Wildman–Crippen LogP) is 0.882. The highest BCUT2D eigenvalue weighted by Gasteiger charge is 2.26. The van der Waals surface area contributed by atoms with E-state index in [1.807, 2.05) is 6.20 Å². The van der Waals surface area contributed by atoms with E-state index >= 15 is 0 Å². The topological polar surface area (TPSA) is 71.2 Å². The largest absolute Gasteiger partial charge is 0.369 e. The molecule has 1 unspecified atom stereocenters. The van der Waals surface area contributed by atoms with Crippen LogP contribution in [0, 0.1) is 5.92 Å². The molecule has 0 bridgehead atoms. The molecule has 1 aliphatic heterocycles. The summed E-state index contributed by atoms with van der Waals surface area (Å²) in [6.07, 6.45) is 2.79. The average Bonchev–Trinajstić information content (AvgIpc) is 2.89. The third-order valence-electron chi connectivity index (χ3n) is 2.94. The number of primary amides is 1. The minimum Gasteiger partial charge on any atom is -0.369 e. The van der Waals surface area contributed by atoms with Gasteiger partial charge in [0.2, 0.25) is 5.91 Å². The highest BCUT2D eigenvalue weighted by Crippen LogP contribution is 2.23. The maximum atomic E-state index is 11.1. The fourth-order valence-corrected chi connectivity index (χ4v) is 2.97. The van der Waals surface area contributed by atoms with Gasteiger partial charge in [-0.05, 0) is 19.9 Å². The summed E-state index contributed by atoms with van der Waals surface area (Å²) < 4.78 is 0. The Kier molecular flexibility index (Phi) is 3.96. The second kappa shape index (κ2) is 5.46. The van der Waals surface area contributed by atoms with Crippen LogP contribution < -0.4 is 11.1 Å². The Labute approximate surface area is 105 Å². The van der Waals surface area contributed by atoms with Crippen molar-refractivity contribution in [3.8, 4) is 0 Å². The fraction of sp³-hybridized carbons (Fsp3) is 0.636. The molecule has 1 aromatic heterocycles. The quantitative estimate of drug-likeness (QED) is 0.818. The van der Waals surface area contributed by atoms with E-state index in [0.717, 1.165) is 37.7 Å². The lowest BCUT2D eigenvalue weighted by Crippen LogP contribution is -2.27. The Bertz CT molecular complexity index is 393. The number of carbonyl (C=O) groups is 1. The average molecular weight is 254 g/mol. The van der Waals surface area contributed by atoms with E-state index in [1.165, 1.54) is 4.88 Å². The molecule has 1 aliphatic rings. The van der Waals surface area contributed by atoms with Gasteiger partial charge >= 0.3 is 0 Å². The molecule has 1 saturated heterocycles. The standard InChI is InChI=1S/C11H18N4OS/c1-2-13-11-14-5-9(17-11)7-15-4-3-8(6-15)10(12)16/h5,8H,2-4,6-7H2,1H3,(H2,12,16)(H,13,14). The van der Waals surface area contributed by atoms with E-state index in [0.29, 0.717) is 0 Å². The molecule has 1 amide bonds. The molecule has 2 heterocycles. The predicted molar refractivity (Wildman–Crippen MR) is 68.9 cm³/mol. The number of carbonyl (C=O) groups excluding carboxylic acids is 1. The first-order chi connectivity index (χ1) is 8.19. The normalized spacial score (nSPS) is 20.6. The molecule has 1 aromatic rings. The molecule has 3 N–H and O–H groups in total. The Morgan fingerprint density at radius 2 is 2.59 bits per heavy atom. The number of nitrogens with zero attached hydrogens (tertiary/aromatic N) is 2. The highest BCUT2D eigenvalue weighted by molar-refractivity contribution is 7.15. The van der Waals surface area contributed by atoms with Crippen LogP contribution in [0.15, 0.2) is 6.20 Å². The summed E-state index contributed by atoms with van der Waals surface area (Å²) >= 11 is 1.67. The van der Waals surface area contributed by atoms with Crippen molar-refractivity contribution in [1.82, 2.24) is 9.88 Å². The molecular formula is C11H18N4OS. The number of amides is 1. The van der Waals surface area contributed by atoms with Gasteiger partial charge in [-0.15, -0.1) is 11.3 Å². The number of thiazole rings is 1. The molecule has 0 aromatic carbocycles. The van der Waals surface area contributed by atoms with Crippen molar-refractivity contribution in [2.45, 2.75) is 19.9 Å². The van der Waals surface area contributed by atoms with Crippen LogP contribution in [0.1, 0.15) is 18.2 Å². The highest BCUT2D eigenvalue weighted by atomic mass is 32.1. The Morgan fingerprint density at radius 1 is 1.76 bits per heavy atom. The molecule has 6 heteroatoms. The first-order valence-electron chi connectivity index (χ1n) is 5.89. The number of nitrogens with two attached hydrogens (primary N) is 1. The number of nitrogens with one attached hydrogen (secondary N) is 1. The molecule has 1 atom stereocenters. The minimum atomic E-state index is -0.176. The van der Waals surface area contributed by atoms with Gasteiger partial charge in [0, 0.05) is 30.7 Å². The lowest BCUT2D eigenvalue weighted by molar-refractivity contribution is -0.121. The van der Waals surface area contributed by atoms with E-state index in [9.17, 15) is 4.79 Å². The van der Waals surface area contributed by atoms with Crippen LogP contribution >= 0.6 is 11.3 Å². The maximum Gasteiger partial charge on any atom is 0.221 e. The number of aromatic nitrogens is 1. The van der Waals surface area contributed by atoms with E-state index in [1.54, 1.807) is 11.3 Å². The second-order valence-electron chi connectivity index (χ2n) is 4.29. The zero-order valence-electron chi connectivity index (χ0n) is 9.98. The summed E-state index contributed by atoms with van der Waals surface area (Å²) in [5, 5.41) is 4.16. The first-order valence-corrected chi connectivity index (χ1v) is 6.71. The minimum absolute atomic E-state index is 0.0242. The first kappa shape index (κ1) is 12.3. The van der Waals surface area contributed by atoms with Crippen molar-refractivity contribution in [3.63, 3.8) is 0 Å². The lowest BCUT2D eigenvalue weighted by atomic mass is 10.1. The monoisotopic (exact) mass is 254 g/mol. The summed E-state index contributed by atoms with van der Waals surface area (Å²) in [4.78, 5) is 18.8. The van der Waals surface area contributed by atoms with Crippen molar-refractivity contribution in [2.75, 3.05) is 25.0 Å². The smallest absolute Gasteiger partial charge is 0.221 e. The molecule has 0 radical (unpaired) electrons. The van der Waals surface area contributed by atoms with Crippen molar-refractivity contribution in [1.29, 1.82) is 0 Å². The van der Waals surface area contributed by atoms with Gasteiger partial charge in [-0.3, -0.25) is 9.69 Å². The molecule has 0 aliphatic carbocycles. The van der Waals surface area contributed by atoms with Crippen LogP contribution in [0.25, 0.3) is 0 Å². The van der Waals surface area contributed by atoms with Crippen molar-refractivity contribution >= 4 is 22.4 Å². The second-order valence-corrected chi connectivity index (χ2v) is 5.40. The summed E-state index contributed by atoms with van der Waals surface area (Å²) in [7, 11) is 0. The van der Waals surface area contributed by atoms with Crippen LogP contribution in [0.2, 0.25) is 0 Å². The van der Waals surface area contributed by atoms with E-state index in [-0.39, 0.29) is 11.8 Å². The van der Waals surface area contributed by atoms with Crippen LogP contribution in [-0.2, 0) is 11.3 Å². The Balaban J connectivity index is 1.86. The summed E-state index contributed by atoms with van der Waals surface area (Å²) in [6.45, 7) is 5.54. The Morgan fingerprint density at radius 3 is 3.24 bits per heavy atom. The van der Waals surface area contributed by atoms with Gasteiger partial charge in [0.05, 0.1) is 5.92 Å². The number of anilines is 1. The van der Waals surface area contributed by atoms with Gasteiger partial charge in [0.25, 0.3) is 0 Å². The number of hydrogen-bond donors (Lipinski definition) is 2. The third kappa shape index (κ3) is 3.17. The zero-order chi connectivity index (χ0) is 12.3. The molecule has 1 fully saturated rings. The summed E-state index contributed by atoms with van der Waals surface area (Å²) in [5.41, 5.74) is 5.31. The maximum absolute atomic E-state index is 11.1.